The maximum absolute atomic E-state index is 9.15. The molecule has 0 saturated carbocycles. The van der Waals surface area contributed by atoms with E-state index >= 15 is 0 Å². The van der Waals surface area contributed by atoms with Gasteiger partial charge in [-0.05, 0) is 37.0 Å². The Morgan fingerprint density at radius 1 is 1.39 bits per heavy atom. The molecule has 0 saturated heterocycles. The van der Waals surface area contributed by atoms with E-state index in [4.69, 9.17) is 22.4 Å². The van der Waals surface area contributed by atoms with Gasteiger partial charge >= 0.3 is 0 Å². The number of benzene rings is 1. The van der Waals surface area contributed by atoms with E-state index in [2.05, 4.69) is 12.2 Å². The third-order valence-electron chi connectivity index (χ3n) is 3.44. The molecule has 4 N–H and O–H groups in total. The molecular formula is C14H23ClN2O. The third-order valence-corrected chi connectivity index (χ3v) is 3.85. The van der Waals surface area contributed by atoms with Crippen LogP contribution in [-0.4, -0.2) is 24.3 Å². The fraction of sp³-hybridized carbons (Fsp3) is 0.571. The second kappa shape index (κ2) is 7.10. The first-order chi connectivity index (χ1) is 8.49. The molecule has 1 rings (SSSR count). The molecule has 0 heterocycles. The number of hydrogen-bond acceptors (Lipinski definition) is 3. The average Bonchev–Trinajstić information content (AvgIpc) is 2.38. The minimum absolute atomic E-state index is 0.0621. The van der Waals surface area contributed by atoms with E-state index in [0.717, 1.165) is 16.1 Å². The van der Waals surface area contributed by atoms with Gasteiger partial charge in [0, 0.05) is 30.3 Å². The molecule has 0 fully saturated rings. The molecule has 0 spiro atoms. The van der Waals surface area contributed by atoms with Gasteiger partial charge in [-0.2, -0.15) is 0 Å². The second-order valence-electron chi connectivity index (χ2n) is 4.91. The number of halogens is 1. The molecule has 4 heteroatoms. The molecule has 1 aromatic rings. The van der Waals surface area contributed by atoms with Crippen molar-refractivity contribution < 1.29 is 5.11 Å². The van der Waals surface area contributed by atoms with E-state index in [9.17, 15) is 0 Å². The molecule has 0 aliphatic carbocycles. The lowest BCUT2D eigenvalue weighted by molar-refractivity contribution is 0.201. The largest absolute Gasteiger partial charge is 0.396 e. The maximum atomic E-state index is 9.15. The molecule has 0 aliphatic rings. The van der Waals surface area contributed by atoms with Gasteiger partial charge in [-0.3, -0.25) is 0 Å². The van der Waals surface area contributed by atoms with Crippen LogP contribution in [0.5, 0.6) is 0 Å². The van der Waals surface area contributed by atoms with E-state index in [0.29, 0.717) is 6.54 Å². The van der Waals surface area contributed by atoms with Crippen LogP contribution < -0.4 is 11.1 Å². The van der Waals surface area contributed by atoms with Crippen LogP contribution in [-0.2, 0) is 0 Å². The number of aliphatic hydroxyl groups is 1. The summed E-state index contributed by atoms with van der Waals surface area (Å²) < 4.78 is 0. The smallest absolute Gasteiger partial charge is 0.0471 e. The molecule has 0 radical (unpaired) electrons. The third kappa shape index (κ3) is 3.95. The molecule has 18 heavy (non-hydrogen) atoms. The maximum Gasteiger partial charge on any atom is 0.0471 e. The van der Waals surface area contributed by atoms with Gasteiger partial charge in [0.2, 0.25) is 0 Å². The molecule has 3 nitrogen and oxygen atoms in total. The topological polar surface area (TPSA) is 58.3 Å². The fourth-order valence-corrected chi connectivity index (χ4v) is 1.95. The van der Waals surface area contributed by atoms with Crippen molar-refractivity contribution in [3.05, 3.63) is 34.3 Å². The number of aliphatic hydroxyl groups excluding tert-OH is 1. The van der Waals surface area contributed by atoms with E-state index < -0.39 is 0 Å². The summed E-state index contributed by atoms with van der Waals surface area (Å²) in [5, 5.41) is 13.3. The molecule has 102 valence electrons. The highest BCUT2D eigenvalue weighted by atomic mass is 35.5. The van der Waals surface area contributed by atoms with Crippen molar-refractivity contribution in [2.75, 3.05) is 13.2 Å². The lowest BCUT2D eigenvalue weighted by Crippen LogP contribution is -2.39. The van der Waals surface area contributed by atoms with Gasteiger partial charge in [-0.1, -0.05) is 30.7 Å². The van der Waals surface area contributed by atoms with E-state index in [1.807, 2.05) is 32.0 Å². The Kier molecular flexibility index (Phi) is 6.09. The second-order valence-corrected chi connectivity index (χ2v) is 5.32. The summed E-state index contributed by atoms with van der Waals surface area (Å²) in [6.45, 7) is 6.71. The van der Waals surface area contributed by atoms with Crippen LogP contribution in [0.1, 0.15) is 31.0 Å². The van der Waals surface area contributed by atoms with E-state index in [-0.39, 0.29) is 24.6 Å². The molecular weight excluding hydrogens is 248 g/mol. The predicted octanol–water partition coefficient (Wildman–Crippen LogP) is 2.25. The highest BCUT2D eigenvalue weighted by molar-refractivity contribution is 6.31. The van der Waals surface area contributed by atoms with Crippen LogP contribution in [0.3, 0.4) is 0 Å². The van der Waals surface area contributed by atoms with Gasteiger partial charge in [0.25, 0.3) is 0 Å². The van der Waals surface area contributed by atoms with Crippen LogP contribution in [0.4, 0.5) is 0 Å². The predicted molar refractivity (Wildman–Crippen MR) is 76.8 cm³/mol. The number of nitrogens with one attached hydrogen (secondary N) is 1. The van der Waals surface area contributed by atoms with Crippen LogP contribution in [0.15, 0.2) is 18.2 Å². The number of rotatable bonds is 6. The minimum Gasteiger partial charge on any atom is -0.396 e. The molecule has 0 bridgehead atoms. The van der Waals surface area contributed by atoms with E-state index in [1.54, 1.807) is 0 Å². The zero-order valence-corrected chi connectivity index (χ0v) is 12.0. The number of aryl methyl sites for hydroxylation is 1. The molecule has 1 aromatic carbocycles. The Labute approximate surface area is 114 Å². The van der Waals surface area contributed by atoms with Crippen molar-refractivity contribution >= 4 is 11.6 Å². The minimum atomic E-state index is 0.0621. The van der Waals surface area contributed by atoms with Crippen LogP contribution in [0.25, 0.3) is 0 Å². The Hall–Kier alpha value is -0.610. The Morgan fingerprint density at radius 2 is 2.06 bits per heavy atom. The molecule has 3 atom stereocenters. The summed E-state index contributed by atoms with van der Waals surface area (Å²) in [7, 11) is 0. The lowest BCUT2D eigenvalue weighted by atomic mass is 10.00. The van der Waals surface area contributed by atoms with Gasteiger partial charge in [-0.25, -0.2) is 0 Å². The van der Waals surface area contributed by atoms with Crippen molar-refractivity contribution in [1.82, 2.24) is 5.32 Å². The molecule has 0 aromatic heterocycles. The van der Waals surface area contributed by atoms with Gasteiger partial charge in [-0.15, -0.1) is 0 Å². The van der Waals surface area contributed by atoms with Crippen LogP contribution in [0.2, 0.25) is 5.02 Å². The van der Waals surface area contributed by atoms with Crippen molar-refractivity contribution in [2.45, 2.75) is 32.9 Å². The van der Waals surface area contributed by atoms with Crippen molar-refractivity contribution in [3.8, 4) is 0 Å². The first-order valence-electron chi connectivity index (χ1n) is 6.32. The van der Waals surface area contributed by atoms with Crippen molar-refractivity contribution in [1.29, 1.82) is 0 Å². The zero-order valence-electron chi connectivity index (χ0n) is 11.3. The standard InChI is InChI=1S/C14H23ClN2O/c1-9-4-5-12(6-13(9)15)14(7-16)17-11(3)10(2)8-18/h4-6,10-11,14,17-18H,7-8,16H2,1-3H3. The molecule has 0 amide bonds. The quantitative estimate of drug-likeness (QED) is 0.743. The Balaban J connectivity index is 2.79. The lowest BCUT2D eigenvalue weighted by Gasteiger charge is -2.26. The first kappa shape index (κ1) is 15.4. The summed E-state index contributed by atoms with van der Waals surface area (Å²) in [6, 6.07) is 6.26. The van der Waals surface area contributed by atoms with Gasteiger partial charge < -0.3 is 16.2 Å². The monoisotopic (exact) mass is 270 g/mol. The van der Waals surface area contributed by atoms with Gasteiger partial charge in [0.1, 0.15) is 0 Å². The van der Waals surface area contributed by atoms with Crippen LogP contribution in [0, 0.1) is 12.8 Å². The fourth-order valence-electron chi connectivity index (χ4n) is 1.77. The summed E-state index contributed by atoms with van der Waals surface area (Å²) in [4.78, 5) is 0. The number of nitrogens with two attached hydrogens (primary N) is 1. The zero-order chi connectivity index (χ0) is 13.7. The van der Waals surface area contributed by atoms with Gasteiger partial charge in [0.15, 0.2) is 0 Å². The summed E-state index contributed by atoms with van der Waals surface area (Å²) in [5.74, 6) is 0.194. The van der Waals surface area contributed by atoms with Gasteiger partial charge in [0.05, 0.1) is 0 Å². The highest BCUT2D eigenvalue weighted by Crippen LogP contribution is 2.22. The summed E-state index contributed by atoms with van der Waals surface area (Å²) >= 11 is 6.13. The SMILES string of the molecule is Cc1ccc(C(CN)NC(C)C(C)CO)cc1Cl. The molecule has 0 aliphatic heterocycles. The van der Waals surface area contributed by atoms with Crippen molar-refractivity contribution in [3.63, 3.8) is 0 Å². The number of hydrogen-bond donors (Lipinski definition) is 3. The first-order valence-corrected chi connectivity index (χ1v) is 6.70. The van der Waals surface area contributed by atoms with Crippen LogP contribution >= 0.6 is 11.6 Å². The normalized spacial score (nSPS) is 16.3. The summed E-state index contributed by atoms with van der Waals surface area (Å²) in [6.07, 6.45) is 0. The van der Waals surface area contributed by atoms with E-state index in [1.165, 1.54) is 0 Å². The Morgan fingerprint density at radius 3 is 2.56 bits per heavy atom. The average molecular weight is 271 g/mol. The Bertz CT molecular complexity index is 384. The molecule has 3 unspecified atom stereocenters. The highest BCUT2D eigenvalue weighted by Gasteiger charge is 2.17. The summed E-state index contributed by atoms with van der Waals surface area (Å²) in [5.41, 5.74) is 7.97. The van der Waals surface area contributed by atoms with Crippen molar-refractivity contribution in [2.24, 2.45) is 11.7 Å².